The average Bonchev–Trinajstić information content (AvgIpc) is 3.41. The van der Waals surface area contributed by atoms with Crippen molar-refractivity contribution in [3.63, 3.8) is 0 Å². The Morgan fingerprint density at radius 3 is 2.33 bits per heavy atom. The molecule has 252 valence electrons. The van der Waals surface area contributed by atoms with Crippen LogP contribution in [0, 0.1) is 0 Å². The van der Waals surface area contributed by atoms with Crippen molar-refractivity contribution >= 4 is 63.6 Å². The molecule has 0 spiro atoms. The highest BCUT2D eigenvalue weighted by Gasteiger charge is 2.39. The summed E-state index contributed by atoms with van der Waals surface area (Å²) in [5.41, 5.74) is -0.100. The Bertz CT molecular complexity index is 1450. The largest absolute Gasteiger partial charge is 0.447 e. The van der Waals surface area contributed by atoms with Crippen molar-refractivity contribution in [1.82, 2.24) is 19.4 Å². The molecule has 0 radical (unpaired) electrons. The lowest BCUT2D eigenvalue weighted by Gasteiger charge is -2.39. The van der Waals surface area contributed by atoms with E-state index in [0.717, 1.165) is 30.7 Å². The van der Waals surface area contributed by atoms with E-state index in [4.69, 9.17) is 14.1 Å². The van der Waals surface area contributed by atoms with Gasteiger partial charge in [-0.25, -0.2) is 27.7 Å². The Balaban J connectivity index is 1.85. The number of nitrogens with zero attached hydrogens (tertiary/aromatic N) is 1. The predicted molar refractivity (Wildman–Crippen MR) is 186 cm³/mol. The lowest BCUT2D eigenvalue weighted by Crippen LogP contribution is -2.51. The van der Waals surface area contributed by atoms with Crippen molar-refractivity contribution in [3.05, 3.63) is 29.4 Å². The van der Waals surface area contributed by atoms with E-state index in [1.54, 1.807) is 32.2 Å². The number of thiazole rings is 1. The first-order valence-corrected chi connectivity index (χ1v) is 21.2. The van der Waals surface area contributed by atoms with Crippen molar-refractivity contribution in [3.8, 4) is 10.4 Å². The van der Waals surface area contributed by atoms with E-state index >= 15 is 0 Å². The van der Waals surface area contributed by atoms with Crippen molar-refractivity contribution in [1.29, 1.82) is 0 Å². The third kappa shape index (κ3) is 10.5. The number of rotatable bonds is 11. The van der Waals surface area contributed by atoms with Gasteiger partial charge in [-0.2, -0.15) is 0 Å². The van der Waals surface area contributed by atoms with Crippen LogP contribution in [0.25, 0.3) is 10.4 Å². The number of halogens is 1. The predicted octanol–water partition coefficient (Wildman–Crippen LogP) is 7.48. The monoisotopic (exact) mass is 745 g/mol. The van der Waals surface area contributed by atoms with Crippen LogP contribution in [0.4, 0.5) is 15.3 Å². The molecule has 1 heterocycles. The molecular weight excluding hydrogens is 698 g/mol. The van der Waals surface area contributed by atoms with E-state index in [9.17, 15) is 18.0 Å². The summed E-state index contributed by atoms with van der Waals surface area (Å²) in [6.07, 6.45) is 4.44. The van der Waals surface area contributed by atoms with Gasteiger partial charge >= 0.3 is 12.1 Å². The number of alkyl carbamates (subject to hydrolysis) is 1. The smallest absolute Gasteiger partial charge is 0.407 e. The van der Waals surface area contributed by atoms with E-state index in [2.05, 4.69) is 69.7 Å². The zero-order valence-corrected chi connectivity index (χ0v) is 31.9. The van der Waals surface area contributed by atoms with Crippen LogP contribution in [-0.4, -0.2) is 58.1 Å². The number of amides is 3. The molecular formula is C30H48BrN5O6S2Si. The summed E-state index contributed by atoms with van der Waals surface area (Å²) < 4.78 is 44.8. The molecule has 0 aliphatic heterocycles. The number of hydrogen-bond donors (Lipinski definition) is 4. The lowest BCUT2D eigenvalue weighted by molar-refractivity contribution is 0.109. The fourth-order valence-corrected chi connectivity index (χ4v) is 8.80. The van der Waals surface area contributed by atoms with Crippen LogP contribution < -0.4 is 19.7 Å². The number of sulfonamides is 1. The summed E-state index contributed by atoms with van der Waals surface area (Å²) in [6, 6.07) is 4.32. The molecule has 15 heteroatoms. The Morgan fingerprint density at radius 2 is 1.76 bits per heavy atom. The lowest BCUT2D eigenvalue weighted by atomic mass is 9.86. The van der Waals surface area contributed by atoms with Crippen LogP contribution in [0.1, 0.15) is 85.1 Å². The van der Waals surface area contributed by atoms with Gasteiger partial charge in [-0.15, -0.1) is 11.3 Å². The molecule has 0 unspecified atom stereocenters. The van der Waals surface area contributed by atoms with Crippen LogP contribution in [0.5, 0.6) is 0 Å². The summed E-state index contributed by atoms with van der Waals surface area (Å²) >= 11 is 4.36. The fourth-order valence-electron chi connectivity index (χ4n) is 4.71. The highest BCUT2D eigenvalue weighted by Crippen LogP contribution is 2.40. The maximum Gasteiger partial charge on any atom is 0.407 e. The molecule has 0 saturated heterocycles. The van der Waals surface area contributed by atoms with Crippen LogP contribution in [-0.2, 0) is 19.2 Å². The minimum atomic E-state index is -4.08. The molecule has 3 rings (SSSR count). The zero-order chi connectivity index (χ0) is 33.8. The number of anilines is 1. The molecule has 2 aromatic rings. The number of urea groups is 1. The zero-order valence-electron chi connectivity index (χ0n) is 27.7. The Hall–Kier alpha value is -2.04. The molecule has 45 heavy (non-hydrogen) atoms. The average molecular weight is 747 g/mol. The van der Waals surface area contributed by atoms with E-state index in [1.165, 1.54) is 17.4 Å². The van der Waals surface area contributed by atoms with Gasteiger partial charge in [0, 0.05) is 34.9 Å². The second kappa shape index (κ2) is 14.8. The molecule has 4 N–H and O–H groups in total. The van der Waals surface area contributed by atoms with Gasteiger partial charge in [0.1, 0.15) is 0 Å². The van der Waals surface area contributed by atoms with E-state index < -0.39 is 36.0 Å². The van der Waals surface area contributed by atoms with Crippen molar-refractivity contribution < 1.29 is 27.2 Å². The third-order valence-electron chi connectivity index (χ3n) is 8.16. The number of ether oxygens (including phenoxy) is 1. The molecule has 0 bridgehead atoms. The number of nitrogens with one attached hydrogen (secondary N) is 4. The number of aromatic nitrogens is 1. The molecule has 1 saturated carbocycles. The Morgan fingerprint density at radius 1 is 1.11 bits per heavy atom. The van der Waals surface area contributed by atoms with Crippen LogP contribution in [0.3, 0.4) is 0 Å². The summed E-state index contributed by atoms with van der Waals surface area (Å²) in [5, 5.41) is 6.48. The third-order valence-corrected chi connectivity index (χ3v) is 15.9. The van der Waals surface area contributed by atoms with Crippen molar-refractivity contribution in [2.24, 2.45) is 0 Å². The van der Waals surface area contributed by atoms with Crippen LogP contribution in [0.15, 0.2) is 29.3 Å². The molecule has 1 aliphatic rings. The second-order valence-electron chi connectivity index (χ2n) is 14.0. The number of carbonyl (C=O) groups excluding carboxylic acids is 2. The van der Waals surface area contributed by atoms with Gasteiger partial charge in [0.2, 0.25) is 10.0 Å². The Labute approximate surface area is 281 Å². The summed E-state index contributed by atoms with van der Waals surface area (Å²) in [4.78, 5) is 29.5. The standard InChI is InChI=1S/C30H48BrN5O6S2Si/c1-19(2)42-28(38)34-21-12-10-20(11-13-21)26-32-17-24(43-26)23-15-14-22(33-27(37)35-31)16-25(23)44(39,40)36-30(6,7)18-41-45(8,9)29(3,4)5/h14-17,19-21,36H,10-13,18H2,1-9H3,(H,34,38)(H2,33,35,37). The SMILES string of the molecule is CC(C)OC(=O)NC1CCC(c2ncc(-c3ccc(NC(=O)NBr)cc3S(=O)(=O)NC(C)(C)CO[Si](C)(C)C(C)(C)C)s2)CC1. The first-order valence-electron chi connectivity index (χ1n) is 15.2. The molecule has 11 nitrogen and oxygen atoms in total. The van der Waals surface area contributed by atoms with Gasteiger partial charge in [-0.3, -0.25) is 4.34 Å². The topological polar surface area (TPSA) is 148 Å². The molecule has 3 amide bonds. The minimum Gasteiger partial charge on any atom is -0.447 e. The van der Waals surface area contributed by atoms with Gasteiger partial charge in [-0.05, 0) is 83.6 Å². The number of hydrogen-bond acceptors (Lipinski definition) is 8. The van der Waals surface area contributed by atoms with Gasteiger partial charge in [0.05, 0.1) is 43.6 Å². The normalized spacial score (nSPS) is 18.0. The molecule has 1 fully saturated rings. The summed E-state index contributed by atoms with van der Waals surface area (Å²) in [5.74, 6) is 0.205. The van der Waals surface area contributed by atoms with Gasteiger partial charge in [-0.1, -0.05) is 26.8 Å². The second-order valence-corrected chi connectivity index (χ2v) is 21.9. The maximum absolute atomic E-state index is 14.0. The highest BCUT2D eigenvalue weighted by atomic mass is 79.9. The first-order chi connectivity index (χ1) is 20.7. The van der Waals surface area contributed by atoms with Crippen molar-refractivity contribution in [2.45, 2.75) is 121 Å². The van der Waals surface area contributed by atoms with Crippen LogP contribution in [0.2, 0.25) is 18.1 Å². The number of benzene rings is 1. The summed E-state index contributed by atoms with van der Waals surface area (Å²) in [6.45, 7) is 18.1. The number of carbonyl (C=O) groups is 2. The first kappa shape index (κ1) is 37.4. The van der Waals surface area contributed by atoms with E-state index in [1.807, 2.05) is 13.8 Å². The van der Waals surface area contributed by atoms with Crippen LogP contribution >= 0.6 is 27.5 Å². The van der Waals surface area contributed by atoms with Gasteiger partial charge < -0.3 is 19.8 Å². The van der Waals surface area contributed by atoms with Crippen molar-refractivity contribution in [2.75, 3.05) is 11.9 Å². The van der Waals surface area contributed by atoms with E-state index in [0.29, 0.717) is 16.1 Å². The van der Waals surface area contributed by atoms with E-state index in [-0.39, 0.29) is 34.6 Å². The maximum atomic E-state index is 14.0. The minimum absolute atomic E-state index is 0.0235. The highest BCUT2D eigenvalue weighted by molar-refractivity contribution is 9.08. The molecule has 0 atom stereocenters. The Kier molecular flexibility index (Phi) is 12.3. The molecule has 1 aromatic carbocycles. The van der Waals surface area contributed by atoms with Gasteiger partial charge in [0.25, 0.3) is 0 Å². The summed E-state index contributed by atoms with van der Waals surface area (Å²) in [7, 11) is -6.20. The quantitative estimate of drug-likeness (QED) is 0.138. The molecule has 1 aliphatic carbocycles. The fraction of sp³-hybridized carbons (Fsp3) is 0.633. The van der Waals surface area contributed by atoms with Gasteiger partial charge in [0.15, 0.2) is 8.32 Å². The molecule has 1 aromatic heterocycles.